The highest BCUT2D eigenvalue weighted by Crippen LogP contribution is 2.27. The first-order chi connectivity index (χ1) is 6.06. The average Bonchev–Trinajstić information content (AvgIpc) is 2.10. The van der Waals surface area contributed by atoms with Gasteiger partial charge in [0, 0.05) is 11.6 Å². The van der Waals surface area contributed by atoms with E-state index < -0.39 is 0 Å². The summed E-state index contributed by atoms with van der Waals surface area (Å²) < 4.78 is 13.1. The molecule has 13 heavy (non-hydrogen) atoms. The van der Waals surface area contributed by atoms with Gasteiger partial charge in [0.05, 0.1) is 0 Å². The molecule has 1 atom stereocenters. The molecule has 0 aromatic heterocycles. The van der Waals surface area contributed by atoms with Crippen molar-refractivity contribution in [2.24, 2.45) is 5.73 Å². The average molecular weight is 183 g/mol. The summed E-state index contributed by atoms with van der Waals surface area (Å²) in [5.41, 5.74) is 6.60. The Kier molecular flexibility index (Phi) is 2.88. The van der Waals surface area contributed by atoms with Crippen molar-refractivity contribution in [1.29, 1.82) is 0 Å². The fraction of sp³-hybridized carbons (Fsp3) is 0.400. The molecule has 0 radical (unpaired) electrons. The van der Waals surface area contributed by atoms with Gasteiger partial charge in [0.1, 0.15) is 11.6 Å². The molecule has 0 saturated heterocycles. The van der Waals surface area contributed by atoms with Crippen LogP contribution in [0.3, 0.4) is 0 Å². The Balaban J connectivity index is 3.15. The van der Waals surface area contributed by atoms with E-state index in [-0.39, 0.29) is 17.6 Å². The van der Waals surface area contributed by atoms with Crippen LogP contribution in [0.15, 0.2) is 12.1 Å². The van der Waals surface area contributed by atoms with Crippen molar-refractivity contribution >= 4 is 0 Å². The largest absolute Gasteiger partial charge is 0.508 e. The number of nitrogens with two attached hydrogens (primary N) is 1. The summed E-state index contributed by atoms with van der Waals surface area (Å²) in [6, 6.07) is 2.41. The Labute approximate surface area is 77.2 Å². The second-order valence-electron chi connectivity index (χ2n) is 3.17. The van der Waals surface area contributed by atoms with E-state index in [1.807, 2.05) is 6.92 Å². The monoisotopic (exact) mass is 183 g/mol. The highest BCUT2D eigenvalue weighted by molar-refractivity contribution is 5.38. The molecule has 1 aromatic carbocycles. The summed E-state index contributed by atoms with van der Waals surface area (Å²) in [5.74, 6) is -0.245. The van der Waals surface area contributed by atoms with E-state index in [0.29, 0.717) is 17.5 Å². The first kappa shape index (κ1) is 9.99. The Hall–Kier alpha value is -1.09. The SMILES string of the molecule is CC[C@@H](N)c1cc(F)c(C)cc1O. The van der Waals surface area contributed by atoms with E-state index in [4.69, 9.17) is 5.73 Å². The van der Waals surface area contributed by atoms with Crippen LogP contribution in [-0.4, -0.2) is 5.11 Å². The second kappa shape index (κ2) is 3.75. The molecule has 3 heteroatoms. The van der Waals surface area contributed by atoms with Gasteiger partial charge < -0.3 is 10.8 Å². The van der Waals surface area contributed by atoms with Gasteiger partial charge >= 0.3 is 0 Å². The maximum absolute atomic E-state index is 13.1. The van der Waals surface area contributed by atoms with Crippen molar-refractivity contribution in [3.63, 3.8) is 0 Å². The fourth-order valence-electron chi connectivity index (χ4n) is 1.20. The zero-order chi connectivity index (χ0) is 10.0. The Morgan fingerprint density at radius 1 is 1.54 bits per heavy atom. The highest BCUT2D eigenvalue weighted by atomic mass is 19.1. The van der Waals surface area contributed by atoms with Gasteiger partial charge in [0.25, 0.3) is 0 Å². The lowest BCUT2D eigenvalue weighted by Crippen LogP contribution is -2.09. The Morgan fingerprint density at radius 2 is 2.15 bits per heavy atom. The summed E-state index contributed by atoms with van der Waals surface area (Å²) in [6.07, 6.45) is 0.677. The summed E-state index contributed by atoms with van der Waals surface area (Å²) in [5, 5.41) is 9.47. The van der Waals surface area contributed by atoms with Gasteiger partial charge in [0.15, 0.2) is 0 Å². The molecule has 0 aliphatic rings. The third-order valence-electron chi connectivity index (χ3n) is 2.15. The van der Waals surface area contributed by atoms with Gasteiger partial charge in [-0.3, -0.25) is 0 Å². The minimum Gasteiger partial charge on any atom is -0.508 e. The standard InChI is InChI=1S/C10H14FNO/c1-3-9(12)7-5-8(11)6(2)4-10(7)13/h4-5,9,13H,3,12H2,1-2H3/t9-/m1/s1. The lowest BCUT2D eigenvalue weighted by Gasteiger charge is -2.12. The van der Waals surface area contributed by atoms with E-state index in [2.05, 4.69) is 0 Å². The minimum absolute atomic E-state index is 0.0771. The molecule has 0 amide bonds. The minimum atomic E-state index is -0.322. The molecule has 1 rings (SSSR count). The van der Waals surface area contributed by atoms with E-state index in [1.54, 1.807) is 6.92 Å². The first-order valence-corrected chi connectivity index (χ1v) is 4.30. The van der Waals surface area contributed by atoms with Crippen LogP contribution in [0.1, 0.15) is 30.5 Å². The molecule has 72 valence electrons. The normalized spacial score (nSPS) is 12.9. The second-order valence-corrected chi connectivity index (χ2v) is 3.17. The number of rotatable bonds is 2. The molecule has 0 aliphatic carbocycles. The van der Waals surface area contributed by atoms with Crippen molar-refractivity contribution in [3.05, 3.63) is 29.1 Å². The Bertz CT molecular complexity index is 312. The lowest BCUT2D eigenvalue weighted by atomic mass is 10.0. The van der Waals surface area contributed by atoms with Crippen LogP contribution in [0.5, 0.6) is 5.75 Å². The lowest BCUT2D eigenvalue weighted by molar-refractivity contribution is 0.456. The molecular formula is C10H14FNO. The molecule has 0 heterocycles. The number of aromatic hydroxyl groups is 1. The summed E-state index contributed by atoms with van der Waals surface area (Å²) >= 11 is 0. The number of aryl methyl sites for hydroxylation is 1. The quantitative estimate of drug-likeness (QED) is 0.738. The fourth-order valence-corrected chi connectivity index (χ4v) is 1.20. The van der Waals surface area contributed by atoms with Crippen LogP contribution in [0.2, 0.25) is 0 Å². The molecule has 1 aromatic rings. The third kappa shape index (κ3) is 1.98. The predicted molar refractivity (Wildman–Crippen MR) is 50.0 cm³/mol. The van der Waals surface area contributed by atoms with E-state index in [0.717, 1.165) is 0 Å². The maximum atomic E-state index is 13.1. The molecule has 2 nitrogen and oxygen atoms in total. The van der Waals surface area contributed by atoms with Gasteiger partial charge in [-0.15, -0.1) is 0 Å². The van der Waals surface area contributed by atoms with Gasteiger partial charge in [-0.25, -0.2) is 4.39 Å². The predicted octanol–water partition coefficient (Wildman–Crippen LogP) is 2.25. The van der Waals surface area contributed by atoms with Crippen LogP contribution < -0.4 is 5.73 Å². The van der Waals surface area contributed by atoms with Gasteiger partial charge in [-0.05, 0) is 31.0 Å². The molecule has 0 unspecified atom stereocenters. The zero-order valence-corrected chi connectivity index (χ0v) is 7.84. The van der Waals surface area contributed by atoms with Crippen molar-refractivity contribution in [3.8, 4) is 5.75 Å². The summed E-state index contributed by atoms with van der Waals surface area (Å²) in [4.78, 5) is 0. The smallest absolute Gasteiger partial charge is 0.126 e. The number of halogens is 1. The highest BCUT2D eigenvalue weighted by Gasteiger charge is 2.11. The third-order valence-corrected chi connectivity index (χ3v) is 2.15. The van der Waals surface area contributed by atoms with E-state index in [1.165, 1.54) is 12.1 Å². The molecular weight excluding hydrogens is 169 g/mol. The zero-order valence-electron chi connectivity index (χ0n) is 7.84. The van der Waals surface area contributed by atoms with Crippen LogP contribution >= 0.6 is 0 Å². The number of phenolic OH excluding ortho intramolecular Hbond substituents is 1. The number of hydrogen-bond donors (Lipinski definition) is 2. The van der Waals surface area contributed by atoms with Crippen molar-refractivity contribution < 1.29 is 9.50 Å². The van der Waals surface area contributed by atoms with Crippen molar-refractivity contribution in [1.82, 2.24) is 0 Å². The van der Waals surface area contributed by atoms with Gasteiger partial charge in [-0.1, -0.05) is 6.92 Å². The maximum Gasteiger partial charge on any atom is 0.126 e. The summed E-state index contributed by atoms with van der Waals surface area (Å²) in [7, 11) is 0. The van der Waals surface area contributed by atoms with Crippen molar-refractivity contribution in [2.45, 2.75) is 26.3 Å². The van der Waals surface area contributed by atoms with Gasteiger partial charge in [0.2, 0.25) is 0 Å². The van der Waals surface area contributed by atoms with Crippen LogP contribution in [0.25, 0.3) is 0 Å². The number of hydrogen-bond acceptors (Lipinski definition) is 2. The molecule has 0 spiro atoms. The van der Waals surface area contributed by atoms with Gasteiger partial charge in [-0.2, -0.15) is 0 Å². The topological polar surface area (TPSA) is 46.2 Å². The first-order valence-electron chi connectivity index (χ1n) is 4.30. The number of benzene rings is 1. The molecule has 0 bridgehead atoms. The molecule has 3 N–H and O–H groups in total. The molecule has 0 saturated carbocycles. The van der Waals surface area contributed by atoms with Crippen molar-refractivity contribution in [2.75, 3.05) is 0 Å². The Morgan fingerprint density at radius 3 is 2.69 bits per heavy atom. The summed E-state index contributed by atoms with van der Waals surface area (Å²) in [6.45, 7) is 3.50. The number of phenols is 1. The molecule has 0 aliphatic heterocycles. The van der Waals surface area contributed by atoms with Crippen LogP contribution in [0, 0.1) is 12.7 Å². The van der Waals surface area contributed by atoms with Crippen LogP contribution in [0.4, 0.5) is 4.39 Å². The molecule has 0 fully saturated rings. The van der Waals surface area contributed by atoms with Crippen LogP contribution in [-0.2, 0) is 0 Å². The van der Waals surface area contributed by atoms with E-state index in [9.17, 15) is 9.50 Å². The van der Waals surface area contributed by atoms with E-state index >= 15 is 0 Å².